The molecule has 0 saturated heterocycles. The van der Waals surface area contributed by atoms with E-state index in [2.05, 4.69) is 22.3 Å². The fourth-order valence-corrected chi connectivity index (χ4v) is 2.34. The summed E-state index contributed by atoms with van der Waals surface area (Å²) in [4.78, 5) is 8.70. The van der Waals surface area contributed by atoms with Gasteiger partial charge in [0.2, 0.25) is 5.88 Å². The second kappa shape index (κ2) is 6.54. The van der Waals surface area contributed by atoms with Gasteiger partial charge in [0.25, 0.3) is 0 Å². The van der Waals surface area contributed by atoms with Crippen molar-refractivity contribution in [2.45, 2.75) is 45.4 Å². The highest BCUT2D eigenvalue weighted by atomic mass is 16.5. The van der Waals surface area contributed by atoms with Gasteiger partial charge in [0.05, 0.1) is 6.61 Å². The number of aryl methyl sites for hydroxylation is 1. The lowest BCUT2D eigenvalue weighted by Crippen LogP contribution is -2.13. The molecule has 0 radical (unpaired) electrons. The number of hydrogen-bond acceptors (Lipinski definition) is 5. The minimum Gasteiger partial charge on any atom is -0.477 e. The quantitative estimate of drug-likeness (QED) is 0.598. The Kier molecular flexibility index (Phi) is 4.75. The Morgan fingerprint density at radius 1 is 1.39 bits per heavy atom. The molecule has 18 heavy (non-hydrogen) atoms. The van der Waals surface area contributed by atoms with E-state index in [0.717, 1.165) is 25.3 Å². The number of nitrogen functional groups attached to an aromatic ring is 1. The summed E-state index contributed by atoms with van der Waals surface area (Å²) in [5, 5.41) is 0. The molecule has 3 N–H and O–H groups in total. The molecule has 0 spiro atoms. The van der Waals surface area contributed by atoms with Crippen molar-refractivity contribution in [1.29, 1.82) is 0 Å². The zero-order valence-electron chi connectivity index (χ0n) is 11.0. The summed E-state index contributed by atoms with van der Waals surface area (Å²) in [7, 11) is 0. The van der Waals surface area contributed by atoms with E-state index in [0.29, 0.717) is 17.6 Å². The highest BCUT2D eigenvalue weighted by Crippen LogP contribution is 2.25. The molecule has 2 rings (SSSR count). The van der Waals surface area contributed by atoms with Gasteiger partial charge in [-0.3, -0.25) is 0 Å². The average molecular weight is 250 g/mol. The fraction of sp³-hybridized carbons (Fsp3) is 0.692. The summed E-state index contributed by atoms with van der Waals surface area (Å²) in [5.74, 6) is 8.13. The van der Waals surface area contributed by atoms with Gasteiger partial charge in [0, 0.05) is 12.5 Å². The summed E-state index contributed by atoms with van der Waals surface area (Å²) in [5.41, 5.74) is 2.56. The van der Waals surface area contributed by atoms with E-state index in [1.165, 1.54) is 25.7 Å². The van der Waals surface area contributed by atoms with E-state index < -0.39 is 0 Å². The topological polar surface area (TPSA) is 73.1 Å². The van der Waals surface area contributed by atoms with Gasteiger partial charge in [-0.1, -0.05) is 19.8 Å². The van der Waals surface area contributed by atoms with Gasteiger partial charge >= 0.3 is 0 Å². The van der Waals surface area contributed by atoms with Crippen molar-refractivity contribution in [3.05, 3.63) is 11.9 Å². The molecule has 1 aliphatic carbocycles. The van der Waals surface area contributed by atoms with Crippen molar-refractivity contribution in [3.63, 3.8) is 0 Å². The maximum atomic E-state index is 5.77. The third-order valence-corrected chi connectivity index (χ3v) is 3.31. The van der Waals surface area contributed by atoms with Crippen molar-refractivity contribution in [1.82, 2.24) is 9.97 Å². The number of hydrazine groups is 1. The SMILES string of the molecule is CCCc1nc(NN)cc(OCC2CCCC2)n1. The first-order valence-electron chi connectivity index (χ1n) is 6.79. The van der Waals surface area contributed by atoms with Crippen LogP contribution in [0.3, 0.4) is 0 Å². The van der Waals surface area contributed by atoms with Crippen LogP contribution in [0.5, 0.6) is 5.88 Å². The Morgan fingerprint density at radius 3 is 2.83 bits per heavy atom. The standard InChI is InChI=1S/C13H22N4O/c1-2-5-11-15-12(17-14)8-13(16-11)18-9-10-6-3-4-7-10/h8,10H,2-7,9,14H2,1H3,(H,15,16,17). The minimum atomic E-state index is 0.620. The van der Waals surface area contributed by atoms with Crippen molar-refractivity contribution < 1.29 is 4.74 Å². The molecule has 5 nitrogen and oxygen atoms in total. The number of ether oxygens (including phenoxy) is 1. The molecule has 0 amide bonds. The molecule has 1 fully saturated rings. The molecule has 5 heteroatoms. The van der Waals surface area contributed by atoms with Crippen LogP contribution in [0.4, 0.5) is 5.82 Å². The smallest absolute Gasteiger partial charge is 0.218 e. The molecule has 1 heterocycles. The number of nitrogens with one attached hydrogen (secondary N) is 1. The largest absolute Gasteiger partial charge is 0.477 e. The zero-order chi connectivity index (χ0) is 12.8. The summed E-state index contributed by atoms with van der Waals surface area (Å²) < 4.78 is 5.77. The molecular formula is C13H22N4O. The Labute approximate surface area is 108 Å². The van der Waals surface area contributed by atoms with Gasteiger partial charge in [0.1, 0.15) is 11.6 Å². The first kappa shape index (κ1) is 13.1. The zero-order valence-corrected chi connectivity index (χ0v) is 11.0. The van der Waals surface area contributed by atoms with Gasteiger partial charge in [0.15, 0.2) is 0 Å². The lowest BCUT2D eigenvalue weighted by molar-refractivity contribution is 0.242. The predicted octanol–water partition coefficient (Wildman–Crippen LogP) is 2.28. The number of nitrogens with zero attached hydrogens (tertiary/aromatic N) is 2. The Hall–Kier alpha value is -1.36. The molecule has 1 saturated carbocycles. The maximum Gasteiger partial charge on any atom is 0.218 e. The fourth-order valence-electron chi connectivity index (χ4n) is 2.34. The highest BCUT2D eigenvalue weighted by Gasteiger charge is 2.16. The lowest BCUT2D eigenvalue weighted by Gasteiger charge is -2.12. The highest BCUT2D eigenvalue weighted by molar-refractivity contribution is 5.37. The molecule has 1 aromatic heterocycles. The minimum absolute atomic E-state index is 0.620. The molecular weight excluding hydrogens is 228 g/mol. The summed E-state index contributed by atoms with van der Waals surface area (Å²) in [6.07, 6.45) is 7.05. The molecule has 0 aliphatic heterocycles. The van der Waals surface area contributed by atoms with Gasteiger partial charge in [-0.2, -0.15) is 4.98 Å². The molecule has 0 unspecified atom stereocenters. The molecule has 0 aromatic carbocycles. The van der Waals surface area contributed by atoms with Gasteiger partial charge in [-0.25, -0.2) is 10.8 Å². The van der Waals surface area contributed by atoms with E-state index in [9.17, 15) is 0 Å². The third kappa shape index (κ3) is 3.57. The van der Waals surface area contributed by atoms with E-state index in [4.69, 9.17) is 10.6 Å². The van der Waals surface area contributed by atoms with Crippen molar-refractivity contribution in [3.8, 4) is 5.88 Å². The normalized spacial score (nSPS) is 15.9. The average Bonchev–Trinajstić information content (AvgIpc) is 2.89. The van der Waals surface area contributed by atoms with Crippen LogP contribution in [0.1, 0.15) is 44.9 Å². The molecule has 1 aromatic rings. The third-order valence-electron chi connectivity index (χ3n) is 3.31. The van der Waals surface area contributed by atoms with E-state index in [1.807, 2.05) is 0 Å². The van der Waals surface area contributed by atoms with Crippen LogP contribution in [0.15, 0.2) is 6.07 Å². The van der Waals surface area contributed by atoms with Crippen LogP contribution in [0.2, 0.25) is 0 Å². The summed E-state index contributed by atoms with van der Waals surface area (Å²) >= 11 is 0. The Morgan fingerprint density at radius 2 is 2.17 bits per heavy atom. The van der Waals surface area contributed by atoms with Gasteiger partial charge < -0.3 is 10.2 Å². The van der Waals surface area contributed by atoms with Crippen LogP contribution in [-0.2, 0) is 6.42 Å². The van der Waals surface area contributed by atoms with E-state index in [1.54, 1.807) is 6.07 Å². The van der Waals surface area contributed by atoms with Crippen molar-refractivity contribution in [2.24, 2.45) is 11.8 Å². The monoisotopic (exact) mass is 250 g/mol. The van der Waals surface area contributed by atoms with Crippen LogP contribution in [0, 0.1) is 5.92 Å². The van der Waals surface area contributed by atoms with Crippen molar-refractivity contribution in [2.75, 3.05) is 12.0 Å². The van der Waals surface area contributed by atoms with Crippen LogP contribution in [-0.4, -0.2) is 16.6 Å². The number of anilines is 1. The van der Waals surface area contributed by atoms with Crippen molar-refractivity contribution >= 4 is 5.82 Å². The second-order valence-electron chi connectivity index (χ2n) is 4.86. The summed E-state index contributed by atoms with van der Waals surface area (Å²) in [6, 6.07) is 1.76. The maximum absolute atomic E-state index is 5.77. The van der Waals surface area contributed by atoms with E-state index in [-0.39, 0.29) is 0 Å². The first-order valence-corrected chi connectivity index (χ1v) is 6.79. The number of rotatable bonds is 6. The lowest BCUT2D eigenvalue weighted by atomic mass is 10.1. The molecule has 1 aliphatic rings. The first-order chi connectivity index (χ1) is 8.81. The van der Waals surface area contributed by atoms with Crippen LogP contribution in [0.25, 0.3) is 0 Å². The number of nitrogens with two attached hydrogens (primary N) is 1. The van der Waals surface area contributed by atoms with Crippen LogP contribution < -0.4 is 16.0 Å². The number of hydrogen-bond donors (Lipinski definition) is 2. The number of aromatic nitrogens is 2. The Balaban J connectivity index is 1.98. The Bertz CT molecular complexity index is 377. The van der Waals surface area contributed by atoms with Gasteiger partial charge in [-0.15, -0.1) is 0 Å². The summed E-state index contributed by atoms with van der Waals surface area (Å²) in [6.45, 7) is 2.86. The van der Waals surface area contributed by atoms with Crippen LogP contribution >= 0.6 is 0 Å². The molecule has 0 atom stereocenters. The van der Waals surface area contributed by atoms with Gasteiger partial charge in [-0.05, 0) is 25.2 Å². The molecule has 100 valence electrons. The molecule has 0 bridgehead atoms. The predicted molar refractivity (Wildman–Crippen MR) is 71.3 cm³/mol. The second-order valence-corrected chi connectivity index (χ2v) is 4.86. The van der Waals surface area contributed by atoms with E-state index >= 15 is 0 Å².